The Kier molecular flexibility index (Phi) is 5.50. The molecule has 0 aromatic carbocycles. The van der Waals surface area contributed by atoms with Crippen molar-refractivity contribution in [2.24, 2.45) is 0 Å². The molecule has 0 fully saturated rings. The number of nitrogens with zero attached hydrogens (tertiary/aromatic N) is 1. The van der Waals surface area contributed by atoms with Gasteiger partial charge in [0.05, 0.1) is 6.54 Å². The molecular formula is C12H19N3O. The van der Waals surface area contributed by atoms with Gasteiger partial charge in [-0.15, -0.1) is 0 Å². The zero-order chi connectivity index (χ0) is 11.8. The number of rotatable bonds is 6. The second kappa shape index (κ2) is 6.95. The van der Waals surface area contributed by atoms with Gasteiger partial charge in [0, 0.05) is 25.0 Å². The molecule has 4 heteroatoms. The third-order valence-corrected chi connectivity index (χ3v) is 2.16. The maximum atomic E-state index is 11.4. The molecule has 0 unspecified atom stereocenters. The van der Waals surface area contributed by atoms with Gasteiger partial charge in [0.1, 0.15) is 0 Å². The highest BCUT2D eigenvalue weighted by Crippen LogP contribution is 1.95. The first kappa shape index (κ1) is 12.6. The fourth-order valence-electron chi connectivity index (χ4n) is 1.26. The lowest BCUT2D eigenvalue weighted by Crippen LogP contribution is -2.37. The molecule has 1 aromatic heterocycles. The van der Waals surface area contributed by atoms with E-state index in [0.29, 0.717) is 19.1 Å². The van der Waals surface area contributed by atoms with E-state index in [1.165, 1.54) is 5.56 Å². The van der Waals surface area contributed by atoms with Crippen LogP contribution in [0.2, 0.25) is 0 Å². The number of nitrogens with one attached hydrogen (secondary N) is 2. The van der Waals surface area contributed by atoms with Gasteiger partial charge < -0.3 is 10.6 Å². The highest BCUT2D eigenvalue weighted by molar-refractivity contribution is 5.77. The van der Waals surface area contributed by atoms with Crippen LogP contribution in [0.5, 0.6) is 0 Å². The first-order chi connectivity index (χ1) is 7.68. The molecule has 0 radical (unpaired) electrons. The van der Waals surface area contributed by atoms with E-state index in [1.807, 2.05) is 26.0 Å². The van der Waals surface area contributed by atoms with Gasteiger partial charge in [-0.1, -0.05) is 13.8 Å². The van der Waals surface area contributed by atoms with Crippen molar-refractivity contribution in [2.45, 2.75) is 26.3 Å². The van der Waals surface area contributed by atoms with E-state index in [1.54, 1.807) is 12.4 Å². The Bertz CT molecular complexity index is 311. The number of aromatic nitrogens is 1. The van der Waals surface area contributed by atoms with Crippen LogP contribution in [0.3, 0.4) is 0 Å². The summed E-state index contributed by atoms with van der Waals surface area (Å²) >= 11 is 0. The molecule has 1 rings (SSSR count). The standard InChI is InChI=1S/C12H19N3O/c1-10(2)15-9-12(16)14-8-5-11-3-6-13-7-4-11/h3-4,6-7,10,15H,5,8-9H2,1-2H3,(H,14,16). The van der Waals surface area contributed by atoms with Crippen molar-refractivity contribution in [1.82, 2.24) is 15.6 Å². The zero-order valence-corrected chi connectivity index (χ0v) is 9.86. The summed E-state index contributed by atoms with van der Waals surface area (Å²) in [6.45, 7) is 5.09. The minimum Gasteiger partial charge on any atom is -0.355 e. The van der Waals surface area contributed by atoms with E-state index in [-0.39, 0.29) is 5.91 Å². The molecule has 0 aliphatic carbocycles. The summed E-state index contributed by atoms with van der Waals surface area (Å²) in [4.78, 5) is 15.3. The largest absolute Gasteiger partial charge is 0.355 e. The molecule has 0 saturated heterocycles. The normalized spacial score (nSPS) is 10.4. The van der Waals surface area contributed by atoms with Gasteiger partial charge in [-0.25, -0.2) is 0 Å². The van der Waals surface area contributed by atoms with Gasteiger partial charge in [-0.3, -0.25) is 9.78 Å². The highest BCUT2D eigenvalue weighted by Gasteiger charge is 2.01. The Labute approximate surface area is 96.5 Å². The van der Waals surface area contributed by atoms with Gasteiger partial charge in [-0.2, -0.15) is 0 Å². The van der Waals surface area contributed by atoms with E-state index >= 15 is 0 Å². The Morgan fingerprint density at radius 1 is 1.38 bits per heavy atom. The number of carbonyl (C=O) groups is 1. The SMILES string of the molecule is CC(C)NCC(=O)NCCc1ccncc1. The number of amides is 1. The van der Waals surface area contributed by atoms with Crippen molar-refractivity contribution < 1.29 is 4.79 Å². The molecule has 88 valence electrons. The monoisotopic (exact) mass is 221 g/mol. The van der Waals surface area contributed by atoms with E-state index in [2.05, 4.69) is 15.6 Å². The number of hydrogen-bond acceptors (Lipinski definition) is 3. The smallest absolute Gasteiger partial charge is 0.233 e. The molecule has 0 atom stereocenters. The Morgan fingerprint density at radius 3 is 2.69 bits per heavy atom. The van der Waals surface area contributed by atoms with Gasteiger partial charge in [-0.05, 0) is 24.1 Å². The van der Waals surface area contributed by atoms with Crippen molar-refractivity contribution in [3.63, 3.8) is 0 Å². The van der Waals surface area contributed by atoms with Crippen LogP contribution in [0.4, 0.5) is 0 Å². The Balaban J connectivity index is 2.13. The maximum absolute atomic E-state index is 11.4. The minimum atomic E-state index is 0.0442. The van der Waals surface area contributed by atoms with Crippen molar-refractivity contribution >= 4 is 5.91 Å². The fourth-order valence-corrected chi connectivity index (χ4v) is 1.26. The fraction of sp³-hybridized carbons (Fsp3) is 0.500. The second-order valence-electron chi connectivity index (χ2n) is 3.99. The van der Waals surface area contributed by atoms with Crippen LogP contribution in [0.1, 0.15) is 19.4 Å². The quantitative estimate of drug-likeness (QED) is 0.745. The lowest BCUT2D eigenvalue weighted by Gasteiger charge is -2.08. The Hall–Kier alpha value is -1.42. The molecule has 1 aromatic rings. The van der Waals surface area contributed by atoms with Crippen LogP contribution < -0.4 is 10.6 Å². The average molecular weight is 221 g/mol. The van der Waals surface area contributed by atoms with Crippen LogP contribution in [0.25, 0.3) is 0 Å². The predicted octanol–water partition coefficient (Wildman–Crippen LogP) is 0.738. The Morgan fingerprint density at radius 2 is 2.06 bits per heavy atom. The van der Waals surface area contributed by atoms with Crippen LogP contribution in [0, 0.1) is 0 Å². The molecule has 4 nitrogen and oxygen atoms in total. The first-order valence-corrected chi connectivity index (χ1v) is 5.57. The molecule has 1 heterocycles. The van der Waals surface area contributed by atoms with Crippen LogP contribution >= 0.6 is 0 Å². The van der Waals surface area contributed by atoms with Gasteiger partial charge in [0.25, 0.3) is 0 Å². The molecule has 16 heavy (non-hydrogen) atoms. The summed E-state index contributed by atoms with van der Waals surface area (Å²) in [7, 11) is 0. The van der Waals surface area contributed by atoms with E-state index in [4.69, 9.17) is 0 Å². The summed E-state index contributed by atoms with van der Waals surface area (Å²) in [5.74, 6) is 0.0442. The van der Waals surface area contributed by atoms with Gasteiger partial charge in [0.2, 0.25) is 5.91 Å². The van der Waals surface area contributed by atoms with Crippen molar-refractivity contribution in [3.8, 4) is 0 Å². The number of pyridine rings is 1. The summed E-state index contributed by atoms with van der Waals surface area (Å²) in [6, 6.07) is 4.25. The minimum absolute atomic E-state index is 0.0442. The topological polar surface area (TPSA) is 54.0 Å². The molecular weight excluding hydrogens is 202 g/mol. The van der Waals surface area contributed by atoms with E-state index < -0.39 is 0 Å². The summed E-state index contributed by atoms with van der Waals surface area (Å²) in [5, 5.41) is 5.94. The van der Waals surface area contributed by atoms with E-state index in [9.17, 15) is 4.79 Å². The predicted molar refractivity (Wildman–Crippen MR) is 64.1 cm³/mol. The molecule has 0 aliphatic heterocycles. The van der Waals surface area contributed by atoms with Crippen molar-refractivity contribution in [1.29, 1.82) is 0 Å². The average Bonchev–Trinajstić information content (AvgIpc) is 2.28. The second-order valence-corrected chi connectivity index (χ2v) is 3.99. The van der Waals surface area contributed by atoms with Gasteiger partial charge in [0.15, 0.2) is 0 Å². The van der Waals surface area contributed by atoms with Crippen molar-refractivity contribution in [2.75, 3.05) is 13.1 Å². The lowest BCUT2D eigenvalue weighted by molar-refractivity contribution is -0.120. The highest BCUT2D eigenvalue weighted by atomic mass is 16.1. The molecule has 0 spiro atoms. The molecule has 2 N–H and O–H groups in total. The summed E-state index contributed by atoms with van der Waals surface area (Å²) in [5.41, 5.74) is 1.19. The van der Waals surface area contributed by atoms with Gasteiger partial charge >= 0.3 is 0 Å². The third kappa shape index (κ3) is 5.46. The van der Waals surface area contributed by atoms with Crippen LogP contribution in [-0.4, -0.2) is 30.0 Å². The summed E-state index contributed by atoms with van der Waals surface area (Å²) in [6.07, 6.45) is 4.37. The molecule has 1 amide bonds. The lowest BCUT2D eigenvalue weighted by atomic mass is 10.2. The maximum Gasteiger partial charge on any atom is 0.233 e. The zero-order valence-electron chi connectivity index (χ0n) is 9.86. The van der Waals surface area contributed by atoms with Crippen molar-refractivity contribution in [3.05, 3.63) is 30.1 Å². The molecule has 0 bridgehead atoms. The number of carbonyl (C=O) groups excluding carboxylic acids is 1. The summed E-state index contributed by atoms with van der Waals surface area (Å²) < 4.78 is 0. The first-order valence-electron chi connectivity index (χ1n) is 5.57. The van der Waals surface area contributed by atoms with E-state index in [0.717, 1.165) is 6.42 Å². The third-order valence-electron chi connectivity index (χ3n) is 2.16. The molecule has 0 saturated carbocycles. The number of hydrogen-bond donors (Lipinski definition) is 2. The van der Waals surface area contributed by atoms with Crippen LogP contribution in [0.15, 0.2) is 24.5 Å². The van der Waals surface area contributed by atoms with Crippen LogP contribution in [-0.2, 0) is 11.2 Å². The molecule has 0 aliphatic rings.